The van der Waals surface area contributed by atoms with E-state index >= 15 is 0 Å². The molecule has 1 aliphatic heterocycles. The summed E-state index contributed by atoms with van der Waals surface area (Å²) in [6.45, 7) is 4.67. The number of nitrogens with zero attached hydrogens (tertiary/aromatic N) is 1. The van der Waals surface area contributed by atoms with Gasteiger partial charge in [-0.05, 0) is 44.6 Å². The quantitative estimate of drug-likeness (QED) is 0.760. The fourth-order valence-corrected chi connectivity index (χ4v) is 2.77. The van der Waals surface area contributed by atoms with Crippen LogP contribution in [0.25, 0.3) is 0 Å². The Bertz CT molecular complexity index is 280. The standard InChI is InChI=1S/C14H24N2O/c1-12(17)16-9-7-14(8-10-16)15-11-13-5-3-2-4-6-13/h2-3,13-15H,4-11H2,1H3. The highest BCUT2D eigenvalue weighted by molar-refractivity contribution is 5.73. The molecule has 1 unspecified atom stereocenters. The number of hydrogen-bond donors (Lipinski definition) is 1. The Morgan fingerprint density at radius 3 is 2.65 bits per heavy atom. The molecule has 2 rings (SSSR count). The average molecular weight is 236 g/mol. The van der Waals surface area contributed by atoms with Gasteiger partial charge in [-0.1, -0.05) is 12.2 Å². The first-order chi connectivity index (χ1) is 8.25. The zero-order chi connectivity index (χ0) is 12.1. The zero-order valence-corrected chi connectivity index (χ0v) is 10.8. The number of allylic oxidation sites excluding steroid dienone is 2. The number of carbonyl (C=O) groups is 1. The van der Waals surface area contributed by atoms with E-state index < -0.39 is 0 Å². The lowest BCUT2D eigenvalue weighted by molar-refractivity contribution is -0.129. The Morgan fingerprint density at radius 1 is 1.29 bits per heavy atom. The molecule has 0 bridgehead atoms. The normalized spacial score (nSPS) is 26.2. The molecular formula is C14H24N2O. The summed E-state index contributed by atoms with van der Waals surface area (Å²) in [5.74, 6) is 1.05. The van der Waals surface area contributed by atoms with Gasteiger partial charge in [0.05, 0.1) is 0 Å². The fourth-order valence-electron chi connectivity index (χ4n) is 2.77. The molecule has 17 heavy (non-hydrogen) atoms. The largest absolute Gasteiger partial charge is 0.343 e. The van der Waals surface area contributed by atoms with Gasteiger partial charge in [-0.15, -0.1) is 0 Å². The molecule has 1 N–H and O–H groups in total. The molecular weight excluding hydrogens is 212 g/mol. The van der Waals surface area contributed by atoms with Crippen LogP contribution in [0.4, 0.5) is 0 Å². The lowest BCUT2D eigenvalue weighted by Crippen LogP contribution is -2.45. The maximum atomic E-state index is 11.2. The Hall–Kier alpha value is -0.830. The minimum Gasteiger partial charge on any atom is -0.343 e. The molecule has 96 valence electrons. The van der Waals surface area contributed by atoms with E-state index in [0.29, 0.717) is 6.04 Å². The van der Waals surface area contributed by atoms with E-state index in [0.717, 1.165) is 38.4 Å². The number of rotatable bonds is 3. The van der Waals surface area contributed by atoms with E-state index in [1.54, 1.807) is 6.92 Å². The summed E-state index contributed by atoms with van der Waals surface area (Å²) in [5.41, 5.74) is 0. The third-order valence-electron chi connectivity index (χ3n) is 4.01. The van der Waals surface area contributed by atoms with Gasteiger partial charge in [0.2, 0.25) is 5.91 Å². The molecule has 0 aromatic heterocycles. The lowest BCUT2D eigenvalue weighted by atomic mass is 9.93. The van der Waals surface area contributed by atoms with Crippen LogP contribution >= 0.6 is 0 Å². The smallest absolute Gasteiger partial charge is 0.219 e. The minimum absolute atomic E-state index is 0.223. The van der Waals surface area contributed by atoms with Crippen molar-refractivity contribution in [2.45, 2.75) is 45.1 Å². The maximum Gasteiger partial charge on any atom is 0.219 e. The molecule has 0 spiro atoms. The highest BCUT2D eigenvalue weighted by Crippen LogP contribution is 2.18. The summed E-state index contributed by atoms with van der Waals surface area (Å²) in [5, 5.41) is 3.68. The third-order valence-corrected chi connectivity index (χ3v) is 4.01. The summed E-state index contributed by atoms with van der Waals surface area (Å²) >= 11 is 0. The van der Waals surface area contributed by atoms with Gasteiger partial charge in [0.25, 0.3) is 0 Å². The number of piperidine rings is 1. The molecule has 0 aromatic carbocycles. The molecule has 3 nitrogen and oxygen atoms in total. The number of hydrogen-bond acceptors (Lipinski definition) is 2. The van der Waals surface area contributed by atoms with Crippen LogP contribution in [0.2, 0.25) is 0 Å². The summed E-state index contributed by atoms with van der Waals surface area (Å²) in [6.07, 6.45) is 10.6. The summed E-state index contributed by atoms with van der Waals surface area (Å²) in [4.78, 5) is 13.2. The molecule has 1 aliphatic carbocycles. The van der Waals surface area contributed by atoms with Crippen LogP contribution in [0.5, 0.6) is 0 Å². The molecule has 1 amide bonds. The van der Waals surface area contributed by atoms with Gasteiger partial charge in [-0.25, -0.2) is 0 Å². The monoisotopic (exact) mass is 236 g/mol. The van der Waals surface area contributed by atoms with Crippen molar-refractivity contribution in [1.29, 1.82) is 0 Å². The third kappa shape index (κ3) is 3.84. The van der Waals surface area contributed by atoms with Crippen molar-refractivity contribution in [3.8, 4) is 0 Å². The number of amides is 1. The molecule has 2 aliphatic rings. The van der Waals surface area contributed by atoms with Crippen LogP contribution in [-0.2, 0) is 4.79 Å². The molecule has 1 atom stereocenters. The van der Waals surface area contributed by atoms with Crippen LogP contribution in [0, 0.1) is 5.92 Å². The second-order valence-electron chi connectivity index (χ2n) is 5.34. The molecule has 0 aromatic rings. The van der Waals surface area contributed by atoms with Crippen molar-refractivity contribution in [1.82, 2.24) is 10.2 Å². The van der Waals surface area contributed by atoms with Crippen molar-refractivity contribution in [2.24, 2.45) is 5.92 Å². The number of nitrogens with one attached hydrogen (secondary N) is 1. The number of likely N-dealkylation sites (tertiary alicyclic amines) is 1. The van der Waals surface area contributed by atoms with E-state index in [9.17, 15) is 4.79 Å². The Labute approximate surface area is 104 Å². The second kappa shape index (κ2) is 6.20. The van der Waals surface area contributed by atoms with Gasteiger partial charge in [0.15, 0.2) is 0 Å². The maximum absolute atomic E-state index is 11.2. The van der Waals surface area contributed by atoms with Crippen LogP contribution in [0.15, 0.2) is 12.2 Å². The first-order valence-electron chi connectivity index (χ1n) is 6.89. The van der Waals surface area contributed by atoms with E-state index in [1.165, 1.54) is 19.3 Å². The van der Waals surface area contributed by atoms with Crippen LogP contribution in [0.1, 0.15) is 39.0 Å². The molecule has 1 heterocycles. The molecule has 0 radical (unpaired) electrons. The van der Waals surface area contributed by atoms with Crippen molar-refractivity contribution < 1.29 is 4.79 Å². The Morgan fingerprint density at radius 2 is 2.06 bits per heavy atom. The SMILES string of the molecule is CC(=O)N1CCC(NCC2CC=CCC2)CC1. The Balaban J connectivity index is 1.64. The predicted molar refractivity (Wildman–Crippen MR) is 69.8 cm³/mol. The van der Waals surface area contributed by atoms with Gasteiger partial charge >= 0.3 is 0 Å². The van der Waals surface area contributed by atoms with Crippen molar-refractivity contribution in [2.75, 3.05) is 19.6 Å². The first kappa shape index (κ1) is 12.6. The number of carbonyl (C=O) groups excluding carboxylic acids is 1. The fraction of sp³-hybridized carbons (Fsp3) is 0.786. The van der Waals surface area contributed by atoms with Crippen LogP contribution < -0.4 is 5.32 Å². The summed E-state index contributed by atoms with van der Waals surface area (Å²) in [6, 6.07) is 0.622. The van der Waals surface area contributed by atoms with Gasteiger partial charge < -0.3 is 10.2 Å². The molecule has 0 saturated carbocycles. The van der Waals surface area contributed by atoms with Gasteiger partial charge in [-0.2, -0.15) is 0 Å². The highest BCUT2D eigenvalue weighted by Gasteiger charge is 2.21. The van der Waals surface area contributed by atoms with E-state index in [-0.39, 0.29) is 5.91 Å². The topological polar surface area (TPSA) is 32.3 Å². The van der Waals surface area contributed by atoms with Gasteiger partial charge in [0, 0.05) is 26.1 Å². The first-order valence-corrected chi connectivity index (χ1v) is 6.89. The summed E-state index contributed by atoms with van der Waals surface area (Å²) in [7, 11) is 0. The van der Waals surface area contributed by atoms with Gasteiger partial charge in [0.1, 0.15) is 0 Å². The van der Waals surface area contributed by atoms with E-state index in [4.69, 9.17) is 0 Å². The predicted octanol–water partition coefficient (Wildman–Crippen LogP) is 1.94. The molecule has 3 heteroatoms. The lowest BCUT2D eigenvalue weighted by Gasteiger charge is -2.32. The van der Waals surface area contributed by atoms with E-state index in [1.807, 2.05) is 4.90 Å². The molecule has 1 fully saturated rings. The van der Waals surface area contributed by atoms with E-state index in [2.05, 4.69) is 17.5 Å². The molecule has 1 saturated heterocycles. The van der Waals surface area contributed by atoms with Crippen molar-refractivity contribution >= 4 is 5.91 Å². The Kier molecular flexibility index (Phi) is 4.60. The minimum atomic E-state index is 0.223. The summed E-state index contributed by atoms with van der Waals surface area (Å²) < 4.78 is 0. The highest BCUT2D eigenvalue weighted by atomic mass is 16.2. The van der Waals surface area contributed by atoms with Crippen molar-refractivity contribution in [3.05, 3.63) is 12.2 Å². The van der Waals surface area contributed by atoms with Gasteiger partial charge in [-0.3, -0.25) is 4.79 Å². The second-order valence-corrected chi connectivity index (χ2v) is 5.34. The van der Waals surface area contributed by atoms with Crippen molar-refractivity contribution in [3.63, 3.8) is 0 Å². The average Bonchev–Trinajstić information content (AvgIpc) is 2.38. The van der Waals surface area contributed by atoms with Crippen LogP contribution in [0.3, 0.4) is 0 Å². The zero-order valence-electron chi connectivity index (χ0n) is 10.8. The van der Waals surface area contributed by atoms with Crippen LogP contribution in [-0.4, -0.2) is 36.5 Å².